The van der Waals surface area contributed by atoms with Crippen molar-refractivity contribution in [1.82, 2.24) is 5.32 Å². The summed E-state index contributed by atoms with van der Waals surface area (Å²) in [6, 6.07) is 4.86. The van der Waals surface area contributed by atoms with Crippen molar-refractivity contribution in [2.24, 2.45) is 0 Å². The molecule has 0 aliphatic carbocycles. The lowest BCUT2D eigenvalue weighted by molar-refractivity contribution is 0.612. The number of nitrogens with one attached hydrogen (secondary N) is 1. The lowest BCUT2D eigenvalue weighted by Gasteiger charge is -2.05. The van der Waals surface area contributed by atoms with Gasteiger partial charge in [-0.25, -0.2) is 4.39 Å². The lowest BCUT2D eigenvalue weighted by Crippen LogP contribution is -2.14. The molecule has 0 aliphatic rings. The summed E-state index contributed by atoms with van der Waals surface area (Å²) >= 11 is 7.60. The minimum Gasteiger partial charge on any atom is -0.313 e. The van der Waals surface area contributed by atoms with Crippen molar-refractivity contribution in [3.63, 3.8) is 0 Å². The molecule has 0 bridgehead atoms. The highest BCUT2D eigenvalue weighted by molar-refractivity contribution is 7.98. The van der Waals surface area contributed by atoms with E-state index in [1.807, 2.05) is 11.8 Å². The van der Waals surface area contributed by atoms with Crippen LogP contribution in [-0.4, -0.2) is 18.6 Å². The molecule has 96 valence electrons. The van der Waals surface area contributed by atoms with Crippen LogP contribution in [0, 0.1) is 5.82 Å². The van der Waals surface area contributed by atoms with Crippen LogP contribution in [0.15, 0.2) is 18.2 Å². The predicted octanol–water partition coefficient (Wildman–Crippen LogP) is 4.10. The second-order valence-corrected chi connectivity index (χ2v) is 5.37. The molecule has 0 amide bonds. The topological polar surface area (TPSA) is 12.0 Å². The summed E-state index contributed by atoms with van der Waals surface area (Å²) < 4.78 is 12.9. The van der Waals surface area contributed by atoms with Gasteiger partial charge in [-0.1, -0.05) is 24.1 Å². The predicted molar refractivity (Wildman–Crippen MR) is 75.3 cm³/mol. The Morgan fingerprint density at radius 3 is 2.82 bits per heavy atom. The Kier molecular flexibility index (Phi) is 7.65. The normalized spacial score (nSPS) is 10.8. The number of halogens is 2. The van der Waals surface area contributed by atoms with Crippen LogP contribution in [0.2, 0.25) is 5.02 Å². The van der Waals surface area contributed by atoms with Crippen LogP contribution in [0.3, 0.4) is 0 Å². The SMILES string of the molecule is CSCCCCCNCc1ccc(F)c(Cl)c1. The summed E-state index contributed by atoms with van der Waals surface area (Å²) in [6.45, 7) is 1.76. The standard InChI is InChI=1S/C13H19ClFNS/c1-17-8-4-2-3-7-16-10-11-5-6-13(15)12(14)9-11/h5-6,9,16H,2-4,7-8,10H2,1H3. The van der Waals surface area contributed by atoms with E-state index in [0.29, 0.717) is 0 Å². The highest BCUT2D eigenvalue weighted by Gasteiger charge is 2.00. The zero-order chi connectivity index (χ0) is 12.5. The van der Waals surface area contributed by atoms with Gasteiger partial charge in [0.15, 0.2) is 0 Å². The fourth-order valence-electron chi connectivity index (χ4n) is 1.56. The van der Waals surface area contributed by atoms with Crippen molar-refractivity contribution in [3.05, 3.63) is 34.6 Å². The van der Waals surface area contributed by atoms with Crippen molar-refractivity contribution in [1.29, 1.82) is 0 Å². The summed E-state index contributed by atoms with van der Waals surface area (Å²) in [7, 11) is 0. The fraction of sp³-hybridized carbons (Fsp3) is 0.538. The van der Waals surface area contributed by atoms with Gasteiger partial charge in [0.2, 0.25) is 0 Å². The number of rotatable bonds is 8. The smallest absolute Gasteiger partial charge is 0.141 e. The second kappa shape index (κ2) is 8.78. The first-order valence-corrected chi connectivity index (χ1v) is 7.65. The van der Waals surface area contributed by atoms with Crippen LogP contribution >= 0.6 is 23.4 Å². The van der Waals surface area contributed by atoms with E-state index in [-0.39, 0.29) is 10.8 Å². The molecule has 17 heavy (non-hydrogen) atoms. The van der Waals surface area contributed by atoms with Crippen molar-refractivity contribution in [3.8, 4) is 0 Å². The molecule has 0 fully saturated rings. The summed E-state index contributed by atoms with van der Waals surface area (Å²) in [4.78, 5) is 0. The zero-order valence-corrected chi connectivity index (χ0v) is 11.7. The van der Waals surface area contributed by atoms with Gasteiger partial charge in [0, 0.05) is 6.54 Å². The first-order chi connectivity index (χ1) is 8.24. The average Bonchev–Trinajstić information content (AvgIpc) is 2.32. The molecule has 0 heterocycles. The molecule has 1 aromatic carbocycles. The summed E-state index contributed by atoms with van der Waals surface area (Å²) in [5.74, 6) is 0.889. The van der Waals surface area contributed by atoms with Gasteiger partial charge in [0.25, 0.3) is 0 Å². The van der Waals surface area contributed by atoms with Gasteiger partial charge >= 0.3 is 0 Å². The Hall–Kier alpha value is -0.250. The van der Waals surface area contributed by atoms with E-state index in [4.69, 9.17) is 11.6 Å². The first kappa shape index (κ1) is 14.8. The maximum atomic E-state index is 12.9. The van der Waals surface area contributed by atoms with E-state index in [2.05, 4.69) is 11.6 Å². The molecule has 0 unspecified atom stereocenters. The number of hydrogen-bond acceptors (Lipinski definition) is 2. The van der Waals surface area contributed by atoms with Crippen molar-refractivity contribution < 1.29 is 4.39 Å². The van der Waals surface area contributed by atoms with Gasteiger partial charge in [0.05, 0.1) is 5.02 Å². The second-order valence-electron chi connectivity index (χ2n) is 3.98. The van der Waals surface area contributed by atoms with E-state index >= 15 is 0 Å². The molecule has 0 saturated heterocycles. The van der Waals surface area contributed by atoms with E-state index in [9.17, 15) is 4.39 Å². The summed E-state index contributed by atoms with van der Waals surface area (Å²) in [5.41, 5.74) is 1.03. The molecular weight excluding hydrogens is 257 g/mol. The Labute approximate surface area is 112 Å². The number of benzene rings is 1. The quantitative estimate of drug-likeness (QED) is 0.717. The van der Waals surface area contributed by atoms with E-state index in [0.717, 1.165) is 18.7 Å². The molecule has 1 nitrogen and oxygen atoms in total. The highest BCUT2D eigenvalue weighted by atomic mass is 35.5. The minimum absolute atomic E-state index is 0.198. The third-order valence-electron chi connectivity index (χ3n) is 2.52. The van der Waals surface area contributed by atoms with E-state index < -0.39 is 0 Å². The largest absolute Gasteiger partial charge is 0.313 e. The molecule has 1 N–H and O–H groups in total. The third-order valence-corrected chi connectivity index (χ3v) is 3.50. The van der Waals surface area contributed by atoms with Crippen molar-refractivity contribution >= 4 is 23.4 Å². The number of thioether (sulfide) groups is 1. The monoisotopic (exact) mass is 275 g/mol. The molecule has 0 aliphatic heterocycles. The summed E-state index contributed by atoms with van der Waals surface area (Å²) in [5, 5.41) is 3.54. The molecular formula is C13H19ClFNS. The van der Waals surface area contributed by atoms with Gasteiger partial charge < -0.3 is 5.32 Å². The van der Waals surface area contributed by atoms with Gasteiger partial charge in [0.1, 0.15) is 5.82 Å². The molecule has 1 aromatic rings. The Morgan fingerprint density at radius 2 is 2.12 bits per heavy atom. The molecule has 0 aromatic heterocycles. The molecule has 4 heteroatoms. The van der Waals surface area contributed by atoms with Crippen molar-refractivity contribution in [2.45, 2.75) is 25.8 Å². The molecule has 0 saturated carbocycles. The maximum absolute atomic E-state index is 12.9. The van der Waals surface area contributed by atoms with Crippen LogP contribution in [0.1, 0.15) is 24.8 Å². The minimum atomic E-state index is -0.354. The Morgan fingerprint density at radius 1 is 1.29 bits per heavy atom. The zero-order valence-electron chi connectivity index (χ0n) is 10.1. The molecule has 0 radical (unpaired) electrons. The van der Waals surface area contributed by atoms with Crippen LogP contribution < -0.4 is 5.32 Å². The third kappa shape index (κ3) is 6.29. The van der Waals surface area contributed by atoms with Gasteiger partial charge in [-0.15, -0.1) is 0 Å². The number of hydrogen-bond donors (Lipinski definition) is 1. The van der Waals surface area contributed by atoms with Gasteiger partial charge in [-0.2, -0.15) is 11.8 Å². The van der Waals surface area contributed by atoms with Crippen LogP contribution in [0.25, 0.3) is 0 Å². The average molecular weight is 276 g/mol. The van der Waals surface area contributed by atoms with Crippen LogP contribution in [0.5, 0.6) is 0 Å². The van der Waals surface area contributed by atoms with E-state index in [1.54, 1.807) is 12.1 Å². The molecule has 0 spiro atoms. The Balaban J connectivity index is 2.11. The van der Waals surface area contributed by atoms with Gasteiger partial charge in [-0.3, -0.25) is 0 Å². The fourth-order valence-corrected chi connectivity index (χ4v) is 2.25. The maximum Gasteiger partial charge on any atom is 0.141 e. The Bertz CT molecular complexity index is 333. The highest BCUT2D eigenvalue weighted by Crippen LogP contribution is 2.15. The van der Waals surface area contributed by atoms with Crippen LogP contribution in [-0.2, 0) is 6.54 Å². The van der Waals surface area contributed by atoms with Gasteiger partial charge in [-0.05, 0) is 49.1 Å². The van der Waals surface area contributed by atoms with Crippen molar-refractivity contribution in [2.75, 3.05) is 18.6 Å². The molecule has 0 atom stereocenters. The number of unbranched alkanes of at least 4 members (excludes halogenated alkanes) is 2. The first-order valence-electron chi connectivity index (χ1n) is 5.87. The van der Waals surface area contributed by atoms with Crippen LogP contribution in [0.4, 0.5) is 4.39 Å². The lowest BCUT2D eigenvalue weighted by atomic mass is 10.2. The van der Waals surface area contributed by atoms with E-state index in [1.165, 1.54) is 31.1 Å². The summed E-state index contributed by atoms with van der Waals surface area (Å²) in [6.07, 6.45) is 5.87. The molecule has 1 rings (SSSR count).